The molecule has 100 valence electrons. The summed E-state index contributed by atoms with van der Waals surface area (Å²) in [4.78, 5) is 8.13. The van der Waals surface area contributed by atoms with Gasteiger partial charge in [-0.3, -0.25) is 4.98 Å². The van der Waals surface area contributed by atoms with Crippen molar-refractivity contribution < 1.29 is 4.74 Å². The van der Waals surface area contributed by atoms with Crippen molar-refractivity contribution in [1.29, 1.82) is 0 Å². The molecule has 3 aromatic rings. The Kier molecular flexibility index (Phi) is 3.60. The zero-order valence-corrected chi connectivity index (χ0v) is 11.2. The van der Waals surface area contributed by atoms with Crippen molar-refractivity contribution in [1.82, 2.24) is 19.7 Å². The first kappa shape index (κ1) is 12.6. The highest BCUT2D eigenvalue weighted by Gasteiger charge is 2.08. The van der Waals surface area contributed by atoms with Gasteiger partial charge in [0.1, 0.15) is 12.1 Å². The Morgan fingerprint density at radius 1 is 1.15 bits per heavy atom. The Labute approximate surface area is 120 Å². The highest BCUT2D eigenvalue weighted by Crippen LogP contribution is 2.23. The molecule has 2 heterocycles. The fraction of sp³-hybridized carbons (Fsp3) is 0.0714. The van der Waals surface area contributed by atoms with E-state index in [9.17, 15) is 0 Å². The van der Waals surface area contributed by atoms with E-state index < -0.39 is 0 Å². The number of alkyl halides is 1. The number of hydrogen-bond donors (Lipinski definition) is 0. The summed E-state index contributed by atoms with van der Waals surface area (Å²) in [6, 6.07) is 11.7. The second-order valence-corrected chi connectivity index (χ2v) is 4.29. The Morgan fingerprint density at radius 3 is 2.80 bits per heavy atom. The molecular formula is C14H11ClN4O. The average Bonchev–Trinajstić information content (AvgIpc) is 2.97. The van der Waals surface area contributed by atoms with Crippen molar-refractivity contribution in [3.63, 3.8) is 0 Å². The maximum absolute atomic E-state index is 5.83. The fourth-order valence-electron chi connectivity index (χ4n) is 1.71. The monoisotopic (exact) mass is 286 g/mol. The molecule has 0 fully saturated rings. The van der Waals surface area contributed by atoms with Gasteiger partial charge in [0, 0.05) is 18.0 Å². The minimum absolute atomic E-state index is 0.270. The van der Waals surface area contributed by atoms with Crippen LogP contribution < -0.4 is 4.74 Å². The minimum Gasteiger partial charge on any atom is -0.423 e. The molecule has 0 aliphatic heterocycles. The predicted molar refractivity (Wildman–Crippen MR) is 75.2 cm³/mol. The highest BCUT2D eigenvalue weighted by molar-refractivity contribution is 6.17. The van der Waals surface area contributed by atoms with Crippen LogP contribution in [0.4, 0.5) is 0 Å². The average molecular weight is 287 g/mol. The van der Waals surface area contributed by atoms with Crippen molar-refractivity contribution in [2.75, 3.05) is 0 Å². The van der Waals surface area contributed by atoms with Crippen molar-refractivity contribution in [2.45, 2.75) is 5.88 Å². The van der Waals surface area contributed by atoms with Gasteiger partial charge in [-0.15, -0.1) is 16.7 Å². The van der Waals surface area contributed by atoms with Gasteiger partial charge in [0.05, 0.1) is 11.6 Å². The number of hydrogen-bond acceptors (Lipinski definition) is 4. The number of pyridine rings is 1. The second kappa shape index (κ2) is 5.71. The molecule has 0 aliphatic rings. The lowest BCUT2D eigenvalue weighted by Crippen LogP contribution is -1.95. The maximum Gasteiger partial charge on any atom is 0.341 e. The summed E-state index contributed by atoms with van der Waals surface area (Å²) in [5, 5.41) is 4.27. The predicted octanol–water partition coefficient (Wildman–Crippen LogP) is 3.19. The van der Waals surface area contributed by atoms with Crippen LogP contribution in [0.1, 0.15) is 5.56 Å². The summed E-state index contributed by atoms with van der Waals surface area (Å²) < 4.78 is 7.28. The summed E-state index contributed by atoms with van der Waals surface area (Å²) in [6.07, 6.45) is 4.91. The number of halogens is 1. The van der Waals surface area contributed by atoms with E-state index in [1.54, 1.807) is 29.5 Å². The first-order valence-electron chi connectivity index (χ1n) is 6.00. The molecule has 0 saturated heterocycles. The number of aromatic nitrogens is 4. The highest BCUT2D eigenvalue weighted by atomic mass is 35.5. The van der Waals surface area contributed by atoms with E-state index in [1.807, 2.05) is 30.3 Å². The van der Waals surface area contributed by atoms with Crippen LogP contribution in [0.25, 0.3) is 5.69 Å². The Morgan fingerprint density at radius 2 is 2.00 bits per heavy atom. The van der Waals surface area contributed by atoms with Gasteiger partial charge in [-0.2, -0.15) is 4.98 Å². The summed E-state index contributed by atoms with van der Waals surface area (Å²) in [5.41, 5.74) is 1.72. The molecule has 0 N–H and O–H groups in total. The van der Waals surface area contributed by atoms with E-state index in [4.69, 9.17) is 16.3 Å². The third-order valence-corrected chi connectivity index (χ3v) is 2.98. The summed E-state index contributed by atoms with van der Waals surface area (Å²) in [6.45, 7) is 0. The lowest BCUT2D eigenvalue weighted by molar-refractivity contribution is 0.437. The maximum atomic E-state index is 5.83. The topological polar surface area (TPSA) is 52.8 Å². The summed E-state index contributed by atoms with van der Waals surface area (Å²) >= 11 is 5.83. The van der Waals surface area contributed by atoms with Crippen LogP contribution in [0.2, 0.25) is 0 Å². The number of nitrogens with zero attached hydrogens (tertiary/aromatic N) is 4. The van der Waals surface area contributed by atoms with Gasteiger partial charge < -0.3 is 4.74 Å². The largest absolute Gasteiger partial charge is 0.423 e. The molecule has 0 spiro atoms. The number of rotatable bonds is 4. The van der Waals surface area contributed by atoms with E-state index in [0.29, 0.717) is 11.6 Å². The second-order valence-electron chi connectivity index (χ2n) is 4.03. The summed E-state index contributed by atoms with van der Waals surface area (Å²) in [7, 11) is 0. The molecule has 20 heavy (non-hydrogen) atoms. The molecule has 0 atom stereocenters. The molecule has 3 rings (SSSR count). The van der Waals surface area contributed by atoms with E-state index in [-0.39, 0.29) is 6.01 Å². The van der Waals surface area contributed by atoms with Crippen LogP contribution in [0, 0.1) is 0 Å². The van der Waals surface area contributed by atoms with Crippen molar-refractivity contribution >= 4 is 11.6 Å². The van der Waals surface area contributed by atoms with Gasteiger partial charge in [0.25, 0.3) is 0 Å². The molecule has 6 heteroatoms. The standard InChI is InChI=1S/C14H11ClN4O/c15-8-11-9-16-7-6-13(11)20-14-17-10-19(18-14)12-4-2-1-3-5-12/h1-7,9-10H,8H2. The van der Waals surface area contributed by atoms with Crippen LogP contribution in [-0.4, -0.2) is 19.7 Å². The van der Waals surface area contributed by atoms with E-state index >= 15 is 0 Å². The molecule has 0 unspecified atom stereocenters. The Hall–Kier alpha value is -2.40. The smallest absolute Gasteiger partial charge is 0.341 e. The lowest BCUT2D eigenvalue weighted by atomic mass is 10.3. The van der Waals surface area contributed by atoms with Gasteiger partial charge in [0.2, 0.25) is 0 Å². The zero-order chi connectivity index (χ0) is 13.8. The first-order valence-corrected chi connectivity index (χ1v) is 6.54. The zero-order valence-electron chi connectivity index (χ0n) is 10.5. The van der Waals surface area contributed by atoms with Crippen LogP contribution in [0.15, 0.2) is 55.1 Å². The van der Waals surface area contributed by atoms with Crippen LogP contribution in [0.5, 0.6) is 11.8 Å². The van der Waals surface area contributed by atoms with Gasteiger partial charge in [0.15, 0.2) is 0 Å². The lowest BCUT2D eigenvalue weighted by Gasteiger charge is -2.04. The molecular weight excluding hydrogens is 276 g/mol. The summed E-state index contributed by atoms with van der Waals surface area (Å²) in [5.74, 6) is 0.934. The first-order chi connectivity index (χ1) is 9.86. The third-order valence-electron chi connectivity index (χ3n) is 2.70. The van der Waals surface area contributed by atoms with Crippen molar-refractivity contribution in [3.05, 3.63) is 60.7 Å². The molecule has 0 bridgehead atoms. The Bertz CT molecular complexity index is 699. The number of ether oxygens (including phenoxy) is 1. The quantitative estimate of drug-likeness (QED) is 0.691. The normalized spacial score (nSPS) is 10.4. The van der Waals surface area contributed by atoms with E-state index in [1.165, 1.54) is 0 Å². The van der Waals surface area contributed by atoms with E-state index in [0.717, 1.165) is 11.3 Å². The van der Waals surface area contributed by atoms with Crippen LogP contribution in [0.3, 0.4) is 0 Å². The fourth-order valence-corrected chi connectivity index (χ4v) is 1.91. The minimum atomic E-state index is 0.270. The van der Waals surface area contributed by atoms with Crippen LogP contribution in [-0.2, 0) is 5.88 Å². The SMILES string of the molecule is ClCc1cnccc1Oc1ncn(-c2ccccc2)n1. The number of benzene rings is 1. The third kappa shape index (κ3) is 2.62. The molecule has 0 radical (unpaired) electrons. The van der Waals surface area contributed by atoms with E-state index in [2.05, 4.69) is 15.1 Å². The van der Waals surface area contributed by atoms with Crippen molar-refractivity contribution in [3.8, 4) is 17.4 Å². The molecule has 0 aliphatic carbocycles. The van der Waals surface area contributed by atoms with Gasteiger partial charge in [-0.1, -0.05) is 18.2 Å². The van der Waals surface area contributed by atoms with Gasteiger partial charge in [-0.05, 0) is 18.2 Å². The molecule has 5 nitrogen and oxygen atoms in total. The Balaban J connectivity index is 1.84. The molecule has 0 amide bonds. The van der Waals surface area contributed by atoms with Gasteiger partial charge in [-0.25, -0.2) is 4.68 Å². The van der Waals surface area contributed by atoms with Crippen LogP contribution >= 0.6 is 11.6 Å². The van der Waals surface area contributed by atoms with Gasteiger partial charge >= 0.3 is 6.01 Å². The van der Waals surface area contributed by atoms with Crippen molar-refractivity contribution in [2.24, 2.45) is 0 Å². The number of para-hydroxylation sites is 1. The molecule has 2 aromatic heterocycles. The molecule has 1 aromatic carbocycles. The molecule has 0 saturated carbocycles.